The highest BCUT2D eigenvalue weighted by atomic mass is 32.1. The molecular weight excluding hydrogens is 262 g/mol. The maximum Gasteiger partial charge on any atom is 0.252 e. The fraction of sp³-hybridized carbons (Fsp3) is 0.231. The molecule has 2 heterocycles. The second kappa shape index (κ2) is 5.26. The van der Waals surface area contributed by atoms with Crippen molar-refractivity contribution in [3.63, 3.8) is 0 Å². The molecule has 2 aromatic heterocycles. The topological polar surface area (TPSA) is 88.9 Å². The number of hydrogen-bond donors (Lipinski definition) is 3. The Morgan fingerprint density at radius 1 is 1.68 bits per heavy atom. The lowest BCUT2D eigenvalue weighted by atomic mass is 9.99. The third-order valence-corrected chi connectivity index (χ3v) is 3.49. The van der Waals surface area contributed by atoms with Crippen LogP contribution < -0.4 is 5.32 Å². The zero-order chi connectivity index (χ0) is 13.9. The summed E-state index contributed by atoms with van der Waals surface area (Å²) >= 11 is 1.49. The van der Waals surface area contributed by atoms with E-state index in [9.17, 15) is 9.90 Å². The third-order valence-electron chi connectivity index (χ3n) is 2.80. The van der Waals surface area contributed by atoms with Gasteiger partial charge in [-0.2, -0.15) is 16.6 Å². The SMILES string of the molecule is CC(O)(CNC(=O)c1c[nH]c(C#N)c1)c1ccsc1. The van der Waals surface area contributed by atoms with Crippen LogP contribution >= 0.6 is 11.3 Å². The molecule has 0 aliphatic heterocycles. The van der Waals surface area contributed by atoms with Crippen LogP contribution in [0.15, 0.2) is 29.1 Å². The Kier molecular flexibility index (Phi) is 3.69. The minimum atomic E-state index is -1.11. The number of nitrogens with one attached hydrogen (secondary N) is 2. The van der Waals surface area contributed by atoms with Crippen molar-refractivity contribution < 1.29 is 9.90 Å². The van der Waals surface area contributed by atoms with E-state index < -0.39 is 5.60 Å². The predicted octanol–water partition coefficient (Wildman–Crippen LogP) is 1.59. The molecule has 19 heavy (non-hydrogen) atoms. The van der Waals surface area contributed by atoms with Gasteiger partial charge in [0.2, 0.25) is 0 Å². The average molecular weight is 275 g/mol. The number of amides is 1. The summed E-state index contributed by atoms with van der Waals surface area (Å²) in [6.45, 7) is 1.75. The lowest BCUT2D eigenvalue weighted by Gasteiger charge is -2.22. The molecule has 0 bridgehead atoms. The Morgan fingerprint density at radius 2 is 2.47 bits per heavy atom. The van der Waals surface area contributed by atoms with Crippen molar-refractivity contribution in [2.24, 2.45) is 0 Å². The van der Waals surface area contributed by atoms with Crippen LogP contribution in [0.1, 0.15) is 28.5 Å². The van der Waals surface area contributed by atoms with E-state index in [1.165, 1.54) is 23.6 Å². The van der Waals surface area contributed by atoms with E-state index in [4.69, 9.17) is 5.26 Å². The summed E-state index contributed by atoms with van der Waals surface area (Å²) in [5.74, 6) is -0.326. The highest BCUT2D eigenvalue weighted by molar-refractivity contribution is 7.08. The van der Waals surface area contributed by atoms with Crippen LogP contribution in [0.4, 0.5) is 0 Å². The van der Waals surface area contributed by atoms with Crippen molar-refractivity contribution in [2.75, 3.05) is 6.54 Å². The number of carbonyl (C=O) groups excluding carboxylic acids is 1. The lowest BCUT2D eigenvalue weighted by Crippen LogP contribution is -2.38. The number of thiophene rings is 1. The summed E-state index contributed by atoms with van der Waals surface area (Å²) < 4.78 is 0. The van der Waals surface area contributed by atoms with E-state index in [0.29, 0.717) is 11.3 Å². The van der Waals surface area contributed by atoms with Gasteiger partial charge >= 0.3 is 0 Å². The molecule has 0 aliphatic rings. The quantitative estimate of drug-likeness (QED) is 0.791. The molecule has 6 heteroatoms. The molecule has 2 rings (SSSR count). The molecule has 0 aromatic carbocycles. The van der Waals surface area contributed by atoms with Gasteiger partial charge in [0.15, 0.2) is 0 Å². The predicted molar refractivity (Wildman–Crippen MR) is 71.7 cm³/mol. The molecule has 0 fully saturated rings. The second-order valence-corrected chi connectivity index (χ2v) is 5.16. The van der Waals surface area contributed by atoms with E-state index in [1.54, 1.807) is 6.92 Å². The zero-order valence-electron chi connectivity index (χ0n) is 10.3. The maximum absolute atomic E-state index is 11.8. The zero-order valence-corrected chi connectivity index (χ0v) is 11.1. The monoisotopic (exact) mass is 275 g/mol. The molecule has 0 saturated carbocycles. The van der Waals surface area contributed by atoms with Gasteiger partial charge in [-0.3, -0.25) is 4.79 Å². The maximum atomic E-state index is 11.8. The van der Waals surface area contributed by atoms with Crippen molar-refractivity contribution in [1.29, 1.82) is 5.26 Å². The van der Waals surface area contributed by atoms with Gasteiger partial charge in [0.1, 0.15) is 17.4 Å². The molecule has 1 amide bonds. The van der Waals surface area contributed by atoms with Crippen LogP contribution in [-0.4, -0.2) is 22.5 Å². The average Bonchev–Trinajstić information content (AvgIpc) is 3.06. The summed E-state index contributed by atoms with van der Waals surface area (Å²) in [5, 5.41) is 25.3. The summed E-state index contributed by atoms with van der Waals surface area (Å²) in [6.07, 6.45) is 1.47. The molecule has 1 unspecified atom stereocenters. The third kappa shape index (κ3) is 3.02. The van der Waals surface area contributed by atoms with Crippen LogP contribution in [0.3, 0.4) is 0 Å². The van der Waals surface area contributed by atoms with E-state index >= 15 is 0 Å². The Bertz CT molecular complexity index is 608. The first kappa shape index (κ1) is 13.3. The van der Waals surface area contributed by atoms with Crippen molar-refractivity contribution in [3.05, 3.63) is 45.9 Å². The Balaban J connectivity index is 1.99. The molecule has 2 aromatic rings. The van der Waals surface area contributed by atoms with Crippen molar-refractivity contribution in [1.82, 2.24) is 10.3 Å². The fourth-order valence-corrected chi connectivity index (χ4v) is 2.40. The number of nitriles is 1. The lowest BCUT2D eigenvalue weighted by molar-refractivity contribution is 0.0530. The van der Waals surface area contributed by atoms with Gasteiger partial charge in [-0.1, -0.05) is 0 Å². The van der Waals surface area contributed by atoms with Crippen LogP contribution in [0.2, 0.25) is 0 Å². The van der Waals surface area contributed by atoms with Crippen LogP contribution in [0.25, 0.3) is 0 Å². The summed E-state index contributed by atoms with van der Waals surface area (Å²) in [4.78, 5) is 14.5. The number of rotatable bonds is 4. The largest absolute Gasteiger partial charge is 0.384 e. The number of nitrogens with zero attached hydrogens (tertiary/aromatic N) is 1. The van der Waals surface area contributed by atoms with E-state index in [1.807, 2.05) is 22.9 Å². The van der Waals surface area contributed by atoms with Crippen LogP contribution in [-0.2, 0) is 5.60 Å². The second-order valence-electron chi connectivity index (χ2n) is 4.38. The van der Waals surface area contributed by atoms with Gasteiger partial charge in [0.05, 0.1) is 12.1 Å². The number of hydrogen-bond acceptors (Lipinski definition) is 4. The summed E-state index contributed by atoms with van der Waals surface area (Å²) in [5.41, 5.74) is 0.362. The number of aromatic nitrogens is 1. The summed E-state index contributed by atoms with van der Waals surface area (Å²) in [6, 6.07) is 5.20. The van der Waals surface area contributed by atoms with E-state index in [-0.39, 0.29) is 12.5 Å². The van der Waals surface area contributed by atoms with Gasteiger partial charge < -0.3 is 15.4 Å². The van der Waals surface area contributed by atoms with Crippen LogP contribution in [0.5, 0.6) is 0 Å². The number of carbonyl (C=O) groups is 1. The first-order valence-corrected chi connectivity index (χ1v) is 6.59. The van der Waals surface area contributed by atoms with Gasteiger partial charge in [0, 0.05) is 6.20 Å². The molecule has 5 nitrogen and oxygen atoms in total. The van der Waals surface area contributed by atoms with Gasteiger partial charge in [-0.15, -0.1) is 0 Å². The Hall–Kier alpha value is -2.10. The van der Waals surface area contributed by atoms with Gasteiger partial charge in [0.25, 0.3) is 5.91 Å². The van der Waals surface area contributed by atoms with Gasteiger partial charge in [-0.05, 0) is 35.4 Å². The molecule has 98 valence electrons. The van der Waals surface area contributed by atoms with Crippen molar-refractivity contribution >= 4 is 17.2 Å². The first-order valence-electron chi connectivity index (χ1n) is 5.65. The fourth-order valence-electron chi connectivity index (χ4n) is 1.62. The first-order chi connectivity index (χ1) is 9.03. The normalized spacial score (nSPS) is 13.5. The van der Waals surface area contributed by atoms with Crippen molar-refractivity contribution in [3.8, 4) is 6.07 Å². The van der Waals surface area contributed by atoms with Crippen LogP contribution in [0, 0.1) is 11.3 Å². The molecule has 0 saturated heterocycles. The molecule has 0 spiro atoms. The highest BCUT2D eigenvalue weighted by Crippen LogP contribution is 2.22. The minimum absolute atomic E-state index is 0.107. The van der Waals surface area contributed by atoms with Crippen molar-refractivity contribution in [2.45, 2.75) is 12.5 Å². The Labute approximate surface area is 114 Å². The molecule has 1 atom stereocenters. The standard InChI is InChI=1S/C13H13N3O2S/c1-13(18,10-2-3-19-7-10)8-16-12(17)9-4-11(5-14)15-6-9/h2-4,6-7,15,18H,8H2,1H3,(H,16,17). The smallest absolute Gasteiger partial charge is 0.252 e. The number of aliphatic hydroxyl groups is 1. The molecule has 0 radical (unpaired) electrons. The molecular formula is C13H13N3O2S. The molecule has 0 aliphatic carbocycles. The highest BCUT2D eigenvalue weighted by Gasteiger charge is 2.24. The number of aromatic amines is 1. The van der Waals surface area contributed by atoms with E-state index in [0.717, 1.165) is 5.56 Å². The molecule has 3 N–H and O–H groups in total. The Morgan fingerprint density at radius 3 is 3.05 bits per heavy atom. The number of H-pyrrole nitrogens is 1. The minimum Gasteiger partial charge on any atom is -0.384 e. The van der Waals surface area contributed by atoms with Gasteiger partial charge in [-0.25, -0.2) is 0 Å². The summed E-state index contributed by atoms with van der Waals surface area (Å²) in [7, 11) is 0. The van der Waals surface area contributed by atoms with E-state index in [2.05, 4.69) is 10.3 Å².